The lowest BCUT2D eigenvalue weighted by Crippen LogP contribution is -2.22. The molecule has 0 heterocycles. The molecule has 0 aliphatic heterocycles. The van der Waals surface area contributed by atoms with E-state index in [2.05, 4.69) is 9.99 Å². The van der Waals surface area contributed by atoms with Crippen molar-refractivity contribution in [2.75, 3.05) is 12.5 Å². The molecule has 0 saturated carbocycles. The third-order valence-corrected chi connectivity index (χ3v) is 1.42. The lowest BCUT2D eigenvalue weighted by Gasteiger charge is -1.97. The topological polar surface area (TPSA) is 72.8 Å². The van der Waals surface area contributed by atoms with E-state index in [0.717, 1.165) is 0 Å². The van der Waals surface area contributed by atoms with Gasteiger partial charge in [-0.2, -0.15) is 0 Å². The molecule has 0 fully saturated rings. The van der Waals surface area contributed by atoms with Gasteiger partial charge in [0.05, 0.1) is 5.88 Å². The number of oxime groups is 1. The minimum absolute atomic E-state index is 0.298. The van der Waals surface area contributed by atoms with E-state index in [9.17, 15) is 14.4 Å². The molecule has 0 aromatic carbocycles. The molecule has 0 rings (SSSR count). The number of hydrogen-bond acceptors (Lipinski definition) is 5. The van der Waals surface area contributed by atoms with E-state index in [0.29, 0.717) is 0 Å². The molecule has 0 aromatic heterocycles. The Morgan fingerprint density at radius 1 is 1.36 bits per heavy atom. The number of ketones is 2. The Morgan fingerprint density at radius 2 is 1.93 bits per heavy atom. The highest BCUT2D eigenvalue weighted by Crippen LogP contribution is 1.94. The van der Waals surface area contributed by atoms with Crippen molar-refractivity contribution in [1.29, 1.82) is 0 Å². The highest BCUT2D eigenvalue weighted by Gasteiger charge is 2.18. The molecule has 0 unspecified atom stereocenters. The van der Waals surface area contributed by atoms with Gasteiger partial charge in [0, 0.05) is 0 Å². The Morgan fingerprint density at radius 3 is 2.29 bits per heavy atom. The molecule has 0 saturated heterocycles. The Kier molecular flexibility index (Phi) is 6.07. The zero-order valence-electron chi connectivity index (χ0n) is 7.25. The van der Waals surface area contributed by atoms with Crippen LogP contribution in [0, 0.1) is 0 Å². The Bertz CT molecular complexity index is 287. The fourth-order valence-corrected chi connectivity index (χ4v) is 0.714. The second kappa shape index (κ2) is 6.50. The van der Waals surface area contributed by atoms with Crippen LogP contribution in [0.15, 0.2) is 5.16 Å². The first-order valence-corrected chi connectivity index (χ1v) is 4.38. The zero-order chi connectivity index (χ0) is 11.1. The number of hydrogen-bond donors (Lipinski definition) is 0. The first-order chi connectivity index (χ1) is 6.49. The number of nitrogens with zero attached hydrogens (tertiary/aromatic N) is 1. The van der Waals surface area contributed by atoms with E-state index in [1.54, 1.807) is 0 Å². The van der Waals surface area contributed by atoms with Gasteiger partial charge >= 0.3 is 0 Å². The van der Waals surface area contributed by atoms with E-state index in [4.69, 9.17) is 23.2 Å². The van der Waals surface area contributed by atoms with Gasteiger partial charge in [-0.15, -0.1) is 11.6 Å². The van der Waals surface area contributed by atoms with Crippen LogP contribution in [0.2, 0.25) is 0 Å². The molecule has 78 valence electrons. The Labute approximate surface area is 90.0 Å². The van der Waals surface area contributed by atoms with Gasteiger partial charge in [0.25, 0.3) is 5.24 Å². The second-order valence-corrected chi connectivity index (χ2v) is 2.86. The van der Waals surface area contributed by atoms with Gasteiger partial charge in [0.1, 0.15) is 0 Å². The molecule has 0 N–H and O–H groups in total. The first-order valence-electron chi connectivity index (χ1n) is 3.47. The summed E-state index contributed by atoms with van der Waals surface area (Å²) in [6.45, 7) is 0.935. The fourth-order valence-electron chi connectivity index (χ4n) is 0.447. The third kappa shape index (κ3) is 4.94. The van der Waals surface area contributed by atoms with Crippen molar-refractivity contribution in [3.05, 3.63) is 0 Å². The van der Waals surface area contributed by atoms with Gasteiger partial charge in [0.15, 0.2) is 12.4 Å². The summed E-state index contributed by atoms with van der Waals surface area (Å²) < 4.78 is 0. The molecule has 0 aliphatic carbocycles. The van der Waals surface area contributed by atoms with E-state index in [1.807, 2.05) is 0 Å². The van der Waals surface area contributed by atoms with E-state index < -0.39 is 22.6 Å². The van der Waals surface area contributed by atoms with Crippen molar-refractivity contribution < 1.29 is 19.2 Å². The monoisotopic (exact) mass is 239 g/mol. The van der Waals surface area contributed by atoms with Crippen LogP contribution >= 0.6 is 23.2 Å². The predicted octanol–water partition coefficient (Wildman–Crippen LogP) is 0.521. The molecule has 0 aliphatic rings. The quantitative estimate of drug-likeness (QED) is 0.223. The van der Waals surface area contributed by atoms with E-state index >= 15 is 0 Å². The standard InChI is InChI=1S/C7H7Cl2NO4/c1-4(11)3-14-10-6(7(9)13)5(12)2-8/h2-3H2,1H3/b10-6+. The zero-order valence-corrected chi connectivity index (χ0v) is 8.76. The number of Topliss-reactive ketones (excluding diaryl/α,β-unsaturated/α-hetero) is 2. The van der Waals surface area contributed by atoms with Gasteiger partial charge in [-0.3, -0.25) is 14.4 Å². The van der Waals surface area contributed by atoms with Crippen LogP contribution in [-0.4, -0.2) is 35.0 Å². The van der Waals surface area contributed by atoms with Crippen molar-refractivity contribution in [2.24, 2.45) is 5.16 Å². The van der Waals surface area contributed by atoms with Gasteiger partial charge in [-0.05, 0) is 18.5 Å². The van der Waals surface area contributed by atoms with Crippen LogP contribution in [0.1, 0.15) is 6.92 Å². The number of halogens is 2. The maximum atomic E-state index is 10.9. The maximum Gasteiger partial charge on any atom is 0.278 e. The van der Waals surface area contributed by atoms with Crippen molar-refractivity contribution in [1.82, 2.24) is 0 Å². The predicted molar refractivity (Wildman–Crippen MR) is 50.7 cm³/mol. The molecule has 7 heteroatoms. The molecule has 5 nitrogen and oxygen atoms in total. The number of carbonyl (C=O) groups excluding carboxylic acids is 3. The summed E-state index contributed by atoms with van der Waals surface area (Å²) in [5.74, 6) is -1.48. The summed E-state index contributed by atoms with van der Waals surface area (Å²) in [5.41, 5.74) is -0.608. The van der Waals surface area contributed by atoms with Crippen molar-refractivity contribution >= 4 is 45.7 Å². The highest BCUT2D eigenvalue weighted by atomic mass is 35.5. The molecule has 0 atom stereocenters. The molecular weight excluding hydrogens is 233 g/mol. The maximum absolute atomic E-state index is 10.9. The smallest absolute Gasteiger partial charge is 0.278 e. The van der Waals surface area contributed by atoms with Crippen molar-refractivity contribution in [3.8, 4) is 0 Å². The van der Waals surface area contributed by atoms with Crippen LogP contribution in [0.4, 0.5) is 0 Å². The van der Waals surface area contributed by atoms with Crippen LogP contribution in [-0.2, 0) is 19.2 Å². The SMILES string of the molecule is CC(=O)CO/N=C(/C(=O)Cl)C(=O)CCl. The molecule has 0 bridgehead atoms. The number of rotatable bonds is 6. The lowest BCUT2D eigenvalue weighted by atomic mass is 10.3. The van der Waals surface area contributed by atoms with Crippen molar-refractivity contribution in [2.45, 2.75) is 6.92 Å². The minimum Gasteiger partial charge on any atom is -0.387 e. The van der Waals surface area contributed by atoms with Crippen LogP contribution < -0.4 is 0 Å². The van der Waals surface area contributed by atoms with Crippen molar-refractivity contribution in [3.63, 3.8) is 0 Å². The average Bonchev–Trinajstić information content (AvgIpc) is 2.10. The molecular formula is C7H7Cl2NO4. The molecule has 0 aromatic rings. The normalized spacial score (nSPS) is 10.9. The van der Waals surface area contributed by atoms with Crippen LogP contribution in [0.5, 0.6) is 0 Å². The third-order valence-electron chi connectivity index (χ3n) is 0.995. The highest BCUT2D eigenvalue weighted by molar-refractivity contribution is 6.91. The Hall–Kier alpha value is -0.940. The largest absolute Gasteiger partial charge is 0.387 e. The molecule has 0 spiro atoms. The summed E-state index contributed by atoms with van der Waals surface area (Å²) in [7, 11) is 0. The molecule has 0 radical (unpaired) electrons. The lowest BCUT2D eigenvalue weighted by molar-refractivity contribution is -0.122. The summed E-state index contributed by atoms with van der Waals surface area (Å²) in [6.07, 6.45) is 0. The average molecular weight is 240 g/mol. The first kappa shape index (κ1) is 13.1. The number of carbonyl (C=O) groups is 3. The number of alkyl halides is 1. The fraction of sp³-hybridized carbons (Fsp3) is 0.429. The van der Waals surface area contributed by atoms with Crippen LogP contribution in [0.25, 0.3) is 0 Å². The van der Waals surface area contributed by atoms with Gasteiger partial charge < -0.3 is 4.84 Å². The molecule has 14 heavy (non-hydrogen) atoms. The summed E-state index contributed by atoms with van der Waals surface area (Å²) in [4.78, 5) is 36.3. The summed E-state index contributed by atoms with van der Waals surface area (Å²) >= 11 is 10.2. The Balaban J connectivity index is 4.42. The van der Waals surface area contributed by atoms with Crippen LogP contribution in [0.3, 0.4) is 0 Å². The second-order valence-electron chi connectivity index (χ2n) is 2.25. The van der Waals surface area contributed by atoms with Gasteiger partial charge in [0.2, 0.25) is 11.5 Å². The van der Waals surface area contributed by atoms with E-state index in [1.165, 1.54) is 6.92 Å². The van der Waals surface area contributed by atoms with Gasteiger partial charge in [-0.25, -0.2) is 0 Å². The summed E-state index contributed by atoms with van der Waals surface area (Å²) in [6, 6.07) is 0. The molecule has 0 amide bonds. The van der Waals surface area contributed by atoms with E-state index in [-0.39, 0.29) is 12.4 Å². The van der Waals surface area contributed by atoms with Gasteiger partial charge in [-0.1, -0.05) is 5.16 Å². The minimum atomic E-state index is -1.07. The summed E-state index contributed by atoms with van der Waals surface area (Å²) in [5, 5.41) is 2.04.